The van der Waals surface area contributed by atoms with Gasteiger partial charge < -0.3 is 4.74 Å². The van der Waals surface area contributed by atoms with Gasteiger partial charge in [0.25, 0.3) is 0 Å². The molecule has 0 aliphatic heterocycles. The second-order valence-electron chi connectivity index (χ2n) is 2.90. The number of aryl methyl sites for hydroxylation is 2. The molecule has 0 aromatic carbocycles. The van der Waals surface area contributed by atoms with E-state index in [1.807, 2.05) is 13.8 Å². The normalized spacial score (nSPS) is 11.3. The lowest BCUT2D eigenvalue weighted by Gasteiger charge is -2.06. The third kappa shape index (κ3) is 4.65. The molecule has 0 aliphatic rings. The Hall–Kier alpha value is -0.570. The van der Waals surface area contributed by atoms with Crippen LogP contribution in [-0.4, -0.2) is 34.2 Å². The van der Waals surface area contributed by atoms with Crippen molar-refractivity contribution in [2.45, 2.75) is 20.3 Å². The predicted octanol–water partition coefficient (Wildman–Crippen LogP) is 1.29. The fraction of sp³-hybridized carbons (Fsp3) is 0.625. The highest BCUT2D eigenvalue weighted by Crippen LogP contribution is 2.17. The Kier molecular flexibility index (Phi) is 5.09. The molecule has 0 bridgehead atoms. The Morgan fingerprint density at radius 1 is 1.40 bits per heavy atom. The van der Waals surface area contributed by atoms with E-state index in [0.29, 0.717) is 6.61 Å². The zero-order chi connectivity index (χ0) is 11.3. The van der Waals surface area contributed by atoms with Gasteiger partial charge in [-0.25, -0.2) is 9.82 Å². The molecule has 15 heavy (non-hydrogen) atoms. The van der Waals surface area contributed by atoms with Crippen LogP contribution in [0.15, 0.2) is 0 Å². The second kappa shape index (κ2) is 6.11. The molecular formula is C8H14N2O4S. The van der Waals surface area contributed by atoms with Crippen LogP contribution in [0.25, 0.3) is 0 Å². The van der Waals surface area contributed by atoms with Crippen LogP contribution in [0.5, 0.6) is 0 Å². The molecule has 1 aromatic rings. The van der Waals surface area contributed by atoms with Gasteiger partial charge in [0.15, 0.2) is 6.79 Å². The van der Waals surface area contributed by atoms with Crippen molar-refractivity contribution in [2.75, 3.05) is 13.4 Å². The minimum atomic E-state index is -0.373. The van der Waals surface area contributed by atoms with E-state index < -0.39 is 0 Å². The first kappa shape index (κ1) is 12.5. The standard InChI is InChI=1S/C8H14N2O4S/c1-6-8(15-7(2)9-6)3-4-13-5-14-10(11)12/h11-12H,3-5H2,1-2H3. The molecule has 2 N–H and O–H groups in total. The highest BCUT2D eigenvalue weighted by atomic mass is 32.1. The van der Waals surface area contributed by atoms with Crippen LogP contribution in [0.1, 0.15) is 15.6 Å². The van der Waals surface area contributed by atoms with Crippen LogP contribution >= 0.6 is 11.3 Å². The van der Waals surface area contributed by atoms with Gasteiger partial charge in [-0.3, -0.25) is 10.4 Å². The molecule has 0 spiro atoms. The summed E-state index contributed by atoms with van der Waals surface area (Å²) in [5, 5.41) is 17.1. The Morgan fingerprint density at radius 3 is 2.67 bits per heavy atom. The summed E-state index contributed by atoms with van der Waals surface area (Å²) in [5.41, 5.74) is 1.02. The number of nitrogens with zero attached hydrogens (tertiary/aromatic N) is 2. The molecule has 0 unspecified atom stereocenters. The maximum atomic E-state index is 8.19. The van der Waals surface area contributed by atoms with Crippen LogP contribution in [0.3, 0.4) is 0 Å². The van der Waals surface area contributed by atoms with Gasteiger partial charge >= 0.3 is 0 Å². The van der Waals surface area contributed by atoms with E-state index in [9.17, 15) is 0 Å². The lowest BCUT2D eigenvalue weighted by Crippen LogP contribution is -2.17. The van der Waals surface area contributed by atoms with Gasteiger partial charge in [0, 0.05) is 11.3 Å². The molecule has 86 valence electrons. The number of hydrogen-bond donors (Lipinski definition) is 2. The summed E-state index contributed by atoms with van der Waals surface area (Å²) < 4.78 is 5.01. The summed E-state index contributed by atoms with van der Waals surface area (Å²) in [6, 6.07) is 0. The second-order valence-corrected chi connectivity index (χ2v) is 4.19. The molecule has 0 saturated heterocycles. The minimum Gasteiger partial charge on any atom is -0.353 e. The molecule has 0 aliphatic carbocycles. The monoisotopic (exact) mass is 234 g/mol. The van der Waals surface area contributed by atoms with Gasteiger partial charge in [0.2, 0.25) is 0 Å². The lowest BCUT2D eigenvalue weighted by atomic mass is 10.3. The molecule has 7 heteroatoms. The Labute approximate surface area is 91.6 Å². The van der Waals surface area contributed by atoms with Crippen LogP contribution in [-0.2, 0) is 16.0 Å². The van der Waals surface area contributed by atoms with E-state index in [2.05, 4.69) is 9.82 Å². The Bertz CT molecular complexity index is 303. The van der Waals surface area contributed by atoms with Gasteiger partial charge in [-0.2, -0.15) is 0 Å². The molecule has 0 atom stereocenters. The van der Waals surface area contributed by atoms with Crippen molar-refractivity contribution in [3.05, 3.63) is 15.6 Å². The SMILES string of the molecule is Cc1nc(C)c(CCOCON(O)O)s1. The summed E-state index contributed by atoms with van der Waals surface area (Å²) in [7, 11) is 0. The minimum absolute atomic E-state index is 0.191. The largest absolute Gasteiger partial charge is 0.353 e. The van der Waals surface area contributed by atoms with Crippen molar-refractivity contribution in [1.29, 1.82) is 0 Å². The van der Waals surface area contributed by atoms with E-state index in [-0.39, 0.29) is 12.2 Å². The molecule has 0 saturated carbocycles. The topological polar surface area (TPSA) is 75.1 Å². The van der Waals surface area contributed by atoms with Gasteiger partial charge in [-0.05, 0) is 13.8 Å². The summed E-state index contributed by atoms with van der Waals surface area (Å²) in [4.78, 5) is 9.68. The number of thiazole rings is 1. The zero-order valence-corrected chi connectivity index (χ0v) is 9.45. The van der Waals surface area contributed by atoms with Gasteiger partial charge in [-0.15, -0.1) is 11.3 Å². The third-order valence-corrected chi connectivity index (χ3v) is 2.86. The predicted molar refractivity (Wildman–Crippen MR) is 52.6 cm³/mol. The molecule has 1 rings (SSSR count). The van der Waals surface area contributed by atoms with Crippen molar-refractivity contribution in [3.63, 3.8) is 0 Å². The summed E-state index contributed by atoms with van der Waals surface area (Å²) in [6.07, 6.45) is 0.748. The van der Waals surface area contributed by atoms with Crippen molar-refractivity contribution >= 4 is 11.3 Å². The first-order valence-corrected chi connectivity index (χ1v) is 5.22. The lowest BCUT2D eigenvalue weighted by molar-refractivity contribution is -0.506. The van der Waals surface area contributed by atoms with Crippen LogP contribution in [0, 0.1) is 13.8 Å². The number of rotatable bonds is 6. The third-order valence-electron chi connectivity index (χ3n) is 1.72. The van der Waals surface area contributed by atoms with E-state index in [1.54, 1.807) is 11.3 Å². The smallest absolute Gasteiger partial charge is 0.172 e. The summed E-state index contributed by atoms with van der Waals surface area (Å²) in [6.45, 7) is 4.18. The molecule has 1 heterocycles. The van der Waals surface area contributed by atoms with E-state index in [1.165, 1.54) is 4.88 Å². The Balaban J connectivity index is 2.17. The van der Waals surface area contributed by atoms with Gasteiger partial charge in [0.1, 0.15) is 0 Å². The summed E-state index contributed by atoms with van der Waals surface area (Å²) in [5.74, 6) is 0. The van der Waals surface area contributed by atoms with Gasteiger partial charge in [-0.1, -0.05) is 0 Å². The first-order chi connectivity index (χ1) is 7.09. The number of aromatic nitrogens is 1. The average molecular weight is 234 g/mol. The van der Waals surface area contributed by atoms with E-state index in [0.717, 1.165) is 17.1 Å². The molecule has 6 nitrogen and oxygen atoms in total. The number of ether oxygens (including phenoxy) is 1. The van der Waals surface area contributed by atoms with Crippen LogP contribution in [0.2, 0.25) is 0 Å². The van der Waals surface area contributed by atoms with Crippen LogP contribution < -0.4 is 0 Å². The van der Waals surface area contributed by atoms with Crippen molar-refractivity contribution < 1.29 is 20.0 Å². The van der Waals surface area contributed by atoms with Crippen molar-refractivity contribution in [1.82, 2.24) is 10.4 Å². The Morgan fingerprint density at radius 2 is 2.13 bits per heavy atom. The maximum absolute atomic E-state index is 8.19. The van der Waals surface area contributed by atoms with Gasteiger partial charge in [0.05, 0.1) is 22.7 Å². The van der Waals surface area contributed by atoms with E-state index >= 15 is 0 Å². The fourth-order valence-corrected chi connectivity index (χ4v) is 2.03. The van der Waals surface area contributed by atoms with Crippen molar-refractivity contribution in [3.8, 4) is 0 Å². The van der Waals surface area contributed by atoms with Crippen LogP contribution in [0.4, 0.5) is 0 Å². The molecule has 0 radical (unpaired) electrons. The molecule has 0 fully saturated rings. The zero-order valence-electron chi connectivity index (χ0n) is 8.63. The highest BCUT2D eigenvalue weighted by Gasteiger charge is 2.04. The maximum Gasteiger partial charge on any atom is 0.172 e. The molecular weight excluding hydrogens is 220 g/mol. The number of hydrogen-bond acceptors (Lipinski definition) is 7. The van der Waals surface area contributed by atoms with E-state index in [4.69, 9.17) is 15.2 Å². The highest BCUT2D eigenvalue weighted by molar-refractivity contribution is 7.11. The van der Waals surface area contributed by atoms with Crippen molar-refractivity contribution in [2.24, 2.45) is 0 Å². The molecule has 1 aromatic heterocycles. The first-order valence-electron chi connectivity index (χ1n) is 4.41. The average Bonchev–Trinajstić information content (AvgIpc) is 2.44. The fourth-order valence-electron chi connectivity index (χ4n) is 1.11. The quantitative estimate of drug-likeness (QED) is 0.439. The summed E-state index contributed by atoms with van der Waals surface area (Å²) >= 11 is 1.64. The molecule has 0 amide bonds.